The standard InChI is InChI=1S/C14H19BrO2/c15-12-5-7-13(8-6-12)17-10-9-11-3-1-2-4-14(11)16/h5-8,11,14,16H,1-4,9-10H2. The topological polar surface area (TPSA) is 29.5 Å². The summed E-state index contributed by atoms with van der Waals surface area (Å²) in [4.78, 5) is 0. The van der Waals surface area contributed by atoms with E-state index in [2.05, 4.69) is 15.9 Å². The van der Waals surface area contributed by atoms with E-state index in [0.29, 0.717) is 12.5 Å². The molecule has 0 aliphatic heterocycles. The van der Waals surface area contributed by atoms with Crippen molar-refractivity contribution < 1.29 is 9.84 Å². The van der Waals surface area contributed by atoms with Crippen LogP contribution >= 0.6 is 15.9 Å². The van der Waals surface area contributed by atoms with Crippen LogP contribution in [-0.4, -0.2) is 17.8 Å². The van der Waals surface area contributed by atoms with Gasteiger partial charge in [-0.2, -0.15) is 0 Å². The van der Waals surface area contributed by atoms with E-state index < -0.39 is 0 Å². The number of ether oxygens (including phenoxy) is 1. The van der Waals surface area contributed by atoms with Crippen molar-refractivity contribution in [3.8, 4) is 5.75 Å². The van der Waals surface area contributed by atoms with Crippen molar-refractivity contribution in [2.24, 2.45) is 5.92 Å². The van der Waals surface area contributed by atoms with Crippen LogP contribution in [0.5, 0.6) is 5.75 Å². The third kappa shape index (κ3) is 4.00. The summed E-state index contributed by atoms with van der Waals surface area (Å²) in [5, 5.41) is 9.84. The predicted molar refractivity (Wildman–Crippen MR) is 72.2 cm³/mol. The normalized spacial score (nSPS) is 24.6. The van der Waals surface area contributed by atoms with Gasteiger partial charge in [0, 0.05) is 4.47 Å². The van der Waals surface area contributed by atoms with Gasteiger partial charge in [0.15, 0.2) is 0 Å². The van der Waals surface area contributed by atoms with Gasteiger partial charge in [0.2, 0.25) is 0 Å². The molecule has 0 bridgehead atoms. The lowest BCUT2D eigenvalue weighted by Crippen LogP contribution is -2.25. The number of hydrogen-bond acceptors (Lipinski definition) is 2. The number of hydrogen-bond donors (Lipinski definition) is 1. The van der Waals surface area contributed by atoms with Gasteiger partial charge in [-0.3, -0.25) is 0 Å². The maximum atomic E-state index is 9.84. The molecule has 1 aliphatic carbocycles. The Morgan fingerprint density at radius 1 is 1.18 bits per heavy atom. The minimum absolute atomic E-state index is 0.114. The van der Waals surface area contributed by atoms with Gasteiger partial charge in [0.05, 0.1) is 12.7 Å². The molecule has 1 N–H and O–H groups in total. The molecule has 0 heterocycles. The smallest absolute Gasteiger partial charge is 0.119 e. The van der Waals surface area contributed by atoms with Crippen molar-refractivity contribution in [3.05, 3.63) is 28.7 Å². The van der Waals surface area contributed by atoms with Crippen molar-refractivity contribution >= 4 is 15.9 Å². The highest BCUT2D eigenvalue weighted by molar-refractivity contribution is 9.10. The molecule has 17 heavy (non-hydrogen) atoms. The zero-order valence-corrected chi connectivity index (χ0v) is 11.5. The lowest BCUT2D eigenvalue weighted by atomic mass is 9.85. The van der Waals surface area contributed by atoms with Crippen LogP contribution in [0.1, 0.15) is 32.1 Å². The number of benzene rings is 1. The predicted octanol–water partition coefficient (Wildman–Crippen LogP) is 3.77. The van der Waals surface area contributed by atoms with Gasteiger partial charge >= 0.3 is 0 Å². The fourth-order valence-electron chi connectivity index (χ4n) is 2.38. The molecule has 1 aromatic rings. The van der Waals surface area contributed by atoms with Crippen LogP contribution in [0, 0.1) is 5.92 Å². The van der Waals surface area contributed by atoms with Crippen LogP contribution < -0.4 is 4.74 Å². The summed E-state index contributed by atoms with van der Waals surface area (Å²) in [5.74, 6) is 1.33. The first-order valence-electron chi connectivity index (χ1n) is 6.32. The Morgan fingerprint density at radius 3 is 2.59 bits per heavy atom. The molecule has 0 radical (unpaired) electrons. The molecule has 0 amide bonds. The Kier molecular flexibility index (Phi) is 4.86. The van der Waals surface area contributed by atoms with Gasteiger partial charge in [0.1, 0.15) is 5.75 Å². The van der Waals surface area contributed by atoms with E-state index >= 15 is 0 Å². The van der Waals surface area contributed by atoms with Gasteiger partial charge in [0.25, 0.3) is 0 Å². The van der Waals surface area contributed by atoms with Crippen LogP contribution in [0.15, 0.2) is 28.7 Å². The van der Waals surface area contributed by atoms with E-state index in [1.807, 2.05) is 24.3 Å². The minimum atomic E-state index is -0.114. The second-order valence-corrected chi connectivity index (χ2v) is 5.62. The zero-order valence-electron chi connectivity index (χ0n) is 9.94. The van der Waals surface area contributed by atoms with Gasteiger partial charge in [-0.1, -0.05) is 28.8 Å². The molecular formula is C14H19BrO2. The lowest BCUT2D eigenvalue weighted by molar-refractivity contribution is 0.0573. The Bertz CT molecular complexity index is 337. The first-order valence-corrected chi connectivity index (χ1v) is 7.11. The number of halogens is 1. The Labute approximate surface area is 111 Å². The van der Waals surface area contributed by atoms with E-state index in [4.69, 9.17) is 4.74 Å². The molecule has 0 aromatic heterocycles. The van der Waals surface area contributed by atoms with Crippen LogP contribution in [-0.2, 0) is 0 Å². The van der Waals surface area contributed by atoms with E-state index in [1.165, 1.54) is 12.8 Å². The average molecular weight is 299 g/mol. The maximum Gasteiger partial charge on any atom is 0.119 e. The molecule has 0 saturated heterocycles. The van der Waals surface area contributed by atoms with E-state index in [0.717, 1.165) is 29.5 Å². The fraction of sp³-hybridized carbons (Fsp3) is 0.571. The molecule has 2 unspecified atom stereocenters. The molecule has 2 rings (SSSR count). The molecule has 1 saturated carbocycles. The van der Waals surface area contributed by atoms with Crippen molar-refractivity contribution in [1.82, 2.24) is 0 Å². The number of rotatable bonds is 4. The quantitative estimate of drug-likeness (QED) is 0.917. The summed E-state index contributed by atoms with van der Waals surface area (Å²) in [5.41, 5.74) is 0. The van der Waals surface area contributed by atoms with E-state index in [-0.39, 0.29) is 6.10 Å². The summed E-state index contributed by atoms with van der Waals surface area (Å²) in [6, 6.07) is 7.87. The second-order valence-electron chi connectivity index (χ2n) is 4.70. The van der Waals surface area contributed by atoms with E-state index in [9.17, 15) is 5.11 Å². The molecule has 0 spiro atoms. The lowest BCUT2D eigenvalue weighted by Gasteiger charge is -2.27. The Morgan fingerprint density at radius 2 is 1.88 bits per heavy atom. The molecule has 1 fully saturated rings. The van der Waals surface area contributed by atoms with Gasteiger partial charge in [-0.15, -0.1) is 0 Å². The van der Waals surface area contributed by atoms with Gasteiger partial charge in [-0.05, 0) is 49.4 Å². The summed E-state index contributed by atoms with van der Waals surface area (Å²) in [6.07, 6.45) is 5.37. The first kappa shape index (κ1) is 12.9. The molecule has 1 aliphatic rings. The van der Waals surface area contributed by atoms with E-state index in [1.54, 1.807) is 0 Å². The third-order valence-electron chi connectivity index (χ3n) is 3.44. The summed E-state index contributed by atoms with van der Waals surface area (Å²) in [6.45, 7) is 0.698. The molecule has 2 atom stereocenters. The number of aliphatic hydroxyl groups is 1. The average Bonchev–Trinajstić information content (AvgIpc) is 2.34. The highest BCUT2D eigenvalue weighted by atomic mass is 79.9. The highest BCUT2D eigenvalue weighted by Gasteiger charge is 2.22. The van der Waals surface area contributed by atoms with Crippen LogP contribution in [0.25, 0.3) is 0 Å². The van der Waals surface area contributed by atoms with Crippen molar-refractivity contribution in [2.45, 2.75) is 38.2 Å². The zero-order chi connectivity index (χ0) is 12.1. The Balaban J connectivity index is 1.73. The molecule has 2 nitrogen and oxygen atoms in total. The summed E-state index contributed by atoms with van der Waals surface area (Å²) >= 11 is 3.40. The largest absolute Gasteiger partial charge is 0.494 e. The fourth-order valence-corrected chi connectivity index (χ4v) is 2.65. The van der Waals surface area contributed by atoms with Crippen molar-refractivity contribution in [3.63, 3.8) is 0 Å². The monoisotopic (exact) mass is 298 g/mol. The molecule has 3 heteroatoms. The third-order valence-corrected chi connectivity index (χ3v) is 3.97. The molecule has 94 valence electrons. The van der Waals surface area contributed by atoms with Gasteiger partial charge in [-0.25, -0.2) is 0 Å². The first-order chi connectivity index (χ1) is 8.25. The van der Waals surface area contributed by atoms with Crippen LogP contribution in [0.2, 0.25) is 0 Å². The van der Waals surface area contributed by atoms with Gasteiger partial charge < -0.3 is 9.84 Å². The van der Waals surface area contributed by atoms with Crippen LogP contribution in [0.3, 0.4) is 0 Å². The second kappa shape index (κ2) is 6.41. The van der Waals surface area contributed by atoms with Crippen molar-refractivity contribution in [2.75, 3.05) is 6.61 Å². The minimum Gasteiger partial charge on any atom is -0.494 e. The number of aliphatic hydroxyl groups excluding tert-OH is 1. The van der Waals surface area contributed by atoms with Crippen molar-refractivity contribution in [1.29, 1.82) is 0 Å². The molecule has 1 aromatic carbocycles. The highest BCUT2D eigenvalue weighted by Crippen LogP contribution is 2.27. The SMILES string of the molecule is OC1CCCCC1CCOc1ccc(Br)cc1. The summed E-state index contributed by atoms with van der Waals surface area (Å²) < 4.78 is 6.74. The summed E-state index contributed by atoms with van der Waals surface area (Å²) in [7, 11) is 0. The molecular weight excluding hydrogens is 280 g/mol. The van der Waals surface area contributed by atoms with Crippen LogP contribution in [0.4, 0.5) is 0 Å². The Hall–Kier alpha value is -0.540. The maximum absolute atomic E-state index is 9.84.